The van der Waals surface area contributed by atoms with Crippen molar-refractivity contribution >= 4 is 23.8 Å². The van der Waals surface area contributed by atoms with Gasteiger partial charge in [0.1, 0.15) is 5.41 Å². The summed E-state index contributed by atoms with van der Waals surface area (Å²) < 4.78 is 0. The van der Waals surface area contributed by atoms with Gasteiger partial charge in [-0.2, -0.15) is 0 Å². The first kappa shape index (κ1) is 27.4. The van der Waals surface area contributed by atoms with E-state index >= 15 is 0 Å². The topological polar surface area (TPSA) is 128 Å². The van der Waals surface area contributed by atoms with Gasteiger partial charge in [0, 0.05) is 18.4 Å². The molecule has 2 N–H and O–H groups in total. The molecular weight excluding hydrogens is 361 g/mol. The Morgan fingerprint density at radius 1 is 1.11 bits per heavy atom. The van der Waals surface area contributed by atoms with Crippen LogP contribution in [0.5, 0.6) is 0 Å². The van der Waals surface area contributed by atoms with Crippen LogP contribution in [0.4, 0.5) is 4.79 Å². The molecule has 1 unspecified atom stereocenters. The minimum atomic E-state index is -1.09. The fourth-order valence-electron chi connectivity index (χ4n) is 2.67. The van der Waals surface area contributed by atoms with Gasteiger partial charge in [-0.1, -0.05) is 33.3 Å². The number of urea groups is 1. The SMILES string of the molecule is CC(=O)[O-].CCCC(C)C1(CC)C(=O)NC(=O)NC1=O.[Na+].c1ccncc1. The summed E-state index contributed by atoms with van der Waals surface area (Å²) in [4.78, 5) is 47.5. The van der Waals surface area contributed by atoms with Gasteiger partial charge >= 0.3 is 35.6 Å². The van der Waals surface area contributed by atoms with Crippen LogP contribution in [0.15, 0.2) is 30.6 Å². The Hall–Kier alpha value is -1.77. The van der Waals surface area contributed by atoms with Gasteiger partial charge in [-0.05, 0) is 37.8 Å². The summed E-state index contributed by atoms with van der Waals surface area (Å²) in [6.45, 7) is 6.65. The van der Waals surface area contributed by atoms with Gasteiger partial charge in [0.2, 0.25) is 11.8 Å². The van der Waals surface area contributed by atoms with E-state index < -0.39 is 29.2 Å². The molecule has 9 heteroatoms. The molecule has 0 radical (unpaired) electrons. The van der Waals surface area contributed by atoms with Crippen molar-refractivity contribution < 1.29 is 53.8 Å². The van der Waals surface area contributed by atoms with Crippen LogP contribution < -0.4 is 45.3 Å². The van der Waals surface area contributed by atoms with E-state index in [0.717, 1.165) is 19.8 Å². The normalized spacial score (nSPS) is 15.3. The van der Waals surface area contributed by atoms with E-state index in [4.69, 9.17) is 9.90 Å². The van der Waals surface area contributed by atoms with Crippen LogP contribution >= 0.6 is 0 Å². The van der Waals surface area contributed by atoms with Crippen molar-refractivity contribution in [1.29, 1.82) is 0 Å². The Morgan fingerprint density at radius 3 is 1.81 bits per heavy atom. The Morgan fingerprint density at radius 2 is 1.56 bits per heavy atom. The van der Waals surface area contributed by atoms with Crippen LogP contribution in [-0.2, 0) is 14.4 Å². The summed E-state index contributed by atoms with van der Waals surface area (Å²) in [5, 5.41) is 13.3. The Kier molecular flexibility index (Phi) is 14.5. The number of nitrogens with zero attached hydrogens (tertiary/aromatic N) is 1. The maximum Gasteiger partial charge on any atom is 1.00 e. The van der Waals surface area contributed by atoms with Crippen LogP contribution in [0.1, 0.15) is 47.0 Å². The molecule has 27 heavy (non-hydrogen) atoms. The Bertz CT molecular complexity index is 560. The number of pyridine rings is 1. The van der Waals surface area contributed by atoms with E-state index in [1.807, 2.05) is 32.0 Å². The molecule has 0 aliphatic carbocycles. The molecule has 1 aliphatic rings. The van der Waals surface area contributed by atoms with Crippen molar-refractivity contribution in [1.82, 2.24) is 15.6 Å². The Labute approximate surface area is 181 Å². The fourth-order valence-corrected chi connectivity index (χ4v) is 2.67. The standard InChI is InChI=1S/C11H18N2O3.C5H5N.C2H4O2.Na/c1-4-6-7(3)11(5-2)8(14)12-10(16)13-9(11)15;1-2-4-6-5-3-1;1-2(3)4;/h7H,4-6H2,1-3H3,(H2,12,13,14,15,16);1-5H;1H3,(H,3,4);/q;;;+1/p-1. The van der Waals surface area contributed by atoms with Crippen LogP contribution in [0.25, 0.3) is 0 Å². The van der Waals surface area contributed by atoms with Crippen LogP contribution in [0.2, 0.25) is 0 Å². The molecule has 1 aromatic rings. The van der Waals surface area contributed by atoms with Gasteiger partial charge in [-0.25, -0.2) is 4.79 Å². The molecule has 0 bridgehead atoms. The van der Waals surface area contributed by atoms with Gasteiger partial charge in [0.15, 0.2) is 0 Å². The molecule has 1 aromatic heterocycles. The maximum atomic E-state index is 11.9. The molecule has 0 spiro atoms. The van der Waals surface area contributed by atoms with E-state index in [0.29, 0.717) is 6.42 Å². The number of aromatic nitrogens is 1. The van der Waals surface area contributed by atoms with Gasteiger partial charge in [0.25, 0.3) is 0 Å². The third kappa shape index (κ3) is 9.12. The summed E-state index contributed by atoms with van der Waals surface area (Å²) in [5.74, 6) is -2.09. The van der Waals surface area contributed by atoms with Crippen molar-refractivity contribution in [3.05, 3.63) is 30.6 Å². The first-order chi connectivity index (χ1) is 12.2. The fraction of sp³-hybridized carbons (Fsp3) is 0.500. The van der Waals surface area contributed by atoms with Crippen molar-refractivity contribution in [2.24, 2.45) is 11.3 Å². The Balaban J connectivity index is 0. The number of hydrogen-bond acceptors (Lipinski definition) is 6. The van der Waals surface area contributed by atoms with Gasteiger partial charge in [-0.3, -0.25) is 25.2 Å². The smallest absolute Gasteiger partial charge is 0.550 e. The number of aliphatic carboxylic acids is 1. The predicted molar refractivity (Wildman–Crippen MR) is 93.4 cm³/mol. The quantitative estimate of drug-likeness (QED) is 0.455. The molecule has 4 amide bonds. The monoisotopic (exact) mass is 387 g/mol. The molecule has 2 heterocycles. The van der Waals surface area contributed by atoms with E-state index in [1.165, 1.54) is 0 Å². The second-order valence-electron chi connectivity index (χ2n) is 5.77. The number of imide groups is 2. The number of barbiturate groups is 1. The molecule has 144 valence electrons. The number of nitrogens with one attached hydrogen (secondary N) is 2. The molecule has 1 saturated heterocycles. The van der Waals surface area contributed by atoms with Gasteiger partial charge in [-0.15, -0.1) is 0 Å². The molecule has 2 rings (SSSR count). The molecule has 8 nitrogen and oxygen atoms in total. The summed E-state index contributed by atoms with van der Waals surface area (Å²) in [7, 11) is 0. The average molecular weight is 387 g/mol. The number of amides is 4. The molecule has 0 aromatic carbocycles. The van der Waals surface area contributed by atoms with Gasteiger partial charge < -0.3 is 9.90 Å². The largest absolute Gasteiger partial charge is 1.00 e. The predicted octanol–water partition coefficient (Wildman–Crippen LogP) is -1.97. The van der Waals surface area contributed by atoms with Crippen molar-refractivity contribution in [2.75, 3.05) is 0 Å². The van der Waals surface area contributed by atoms with Crippen molar-refractivity contribution in [3.8, 4) is 0 Å². The van der Waals surface area contributed by atoms with Crippen LogP contribution in [0, 0.1) is 11.3 Å². The molecule has 1 aliphatic heterocycles. The zero-order chi connectivity index (χ0) is 20.2. The number of hydrogen-bond donors (Lipinski definition) is 2. The molecule has 1 fully saturated rings. The van der Waals surface area contributed by atoms with Crippen molar-refractivity contribution in [2.45, 2.75) is 47.0 Å². The molecule has 0 saturated carbocycles. The molecule has 1 atom stereocenters. The first-order valence-electron chi connectivity index (χ1n) is 8.41. The van der Waals surface area contributed by atoms with E-state index in [9.17, 15) is 14.4 Å². The van der Waals surface area contributed by atoms with E-state index in [2.05, 4.69) is 15.6 Å². The summed E-state index contributed by atoms with van der Waals surface area (Å²) >= 11 is 0. The maximum absolute atomic E-state index is 11.9. The van der Waals surface area contributed by atoms with E-state index in [-0.39, 0.29) is 35.5 Å². The number of rotatable bonds is 4. The van der Waals surface area contributed by atoms with Gasteiger partial charge in [0.05, 0.1) is 0 Å². The summed E-state index contributed by atoms with van der Waals surface area (Å²) in [6.07, 6.45) is 5.58. The minimum Gasteiger partial charge on any atom is -0.550 e. The number of carboxylic acid groups (broad SMARTS) is 1. The summed E-state index contributed by atoms with van der Waals surface area (Å²) in [5.41, 5.74) is -1.09. The molecular formula is C18H26N3NaO5. The number of carboxylic acids is 1. The second-order valence-corrected chi connectivity index (χ2v) is 5.77. The second kappa shape index (κ2) is 14.3. The third-order valence-corrected chi connectivity index (χ3v) is 3.95. The van der Waals surface area contributed by atoms with Crippen LogP contribution in [0.3, 0.4) is 0 Å². The van der Waals surface area contributed by atoms with E-state index in [1.54, 1.807) is 19.3 Å². The third-order valence-electron chi connectivity index (χ3n) is 3.95. The average Bonchev–Trinajstić information content (AvgIpc) is 2.57. The zero-order valence-electron chi connectivity index (χ0n) is 16.6. The minimum absolute atomic E-state index is 0. The number of carbonyl (C=O) groups excluding carboxylic acids is 4. The zero-order valence-corrected chi connectivity index (χ0v) is 18.6. The van der Waals surface area contributed by atoms with Crippen LogP contribution in [-0.4, -0.2) is 28.8 Å². The number of carbonyl (C=O) groups is 4. The summed E-state index contributed by atoms with van der Waals surface area (Å²) in [6, 6.07) is 5.00. The van der Waals surface area contributed by atoms with Crippen molar-refractivity contribution in [3.63, 3.8) is 0 Å². The first-order valence-corrected chi connectivity index (χ1v) is 8.41.